The van der Waals surface area contributed by atoms with Crippen LogP contribution in [0.15, 0.2) is 53.7 Å². The summed E-state index contributed by atoms with van der Waals surface area (Å²) in [5.74, 6) is 0.409. The lowest BCUT2D eigenvalue weighted by Gasteiger charge is -2.10. The maximum absolute atomic E-state index is 12.2. The third-order valence-corrected chi connectivity index (χ3v) is 3.19. The van der Waals surface area contributed by atoms with E-state index in [-0.39, 0.29) is 12.1 Å². The number of nitrogens with one attached hydrogen (secondary N) is 2. The van der Waals surface area contributed by atoms with Crippen LogP contribution in [0.4, 0.5) is 10.6 Å². The first-order chi connectivity index (χ1) is 11.1. The fraction of sp³-hybridized carbons (Fsp3) is 0.0667. The van der Waals surface area contributed by atoms with E-state index in [1.807, 2.05) is 0 Å². The number of urea groups is 1. The van der Waals surface area contributed by atoms with Crippen LogP contribution in [0, 0.1) is 0 Å². The van der Waals surface area contributed by atoms with Crippen LogP contribution in [-0.4, -0.2) is 20.7 Å². The molecule has 1 aromatic carbocycles. The van der Waals surface area contributed by atoms with Gasteiger partial charge in [-0.3, -0.25) is 4.79 Å². The summed E-state index contributed by atoms with van der Waals surface area (Å²) in [6, 6.07) is 9.79. The van der Waals surface area contributed by atoms with Crippen molar-refractivity contribution >= 4 is 22.8 Å². The van der Waals surface area contributed by atoms with E-state index in [1.54, 1.807) is 42.6 Å². The summed E-state index contributed by atoms with van der Waals surface area (Å²) in [6.07, 6.45) is 2.84. The van der Waals surface area contributed by atoms with Gasteiger partial charge < -0.3 is 11.1 Å². The number of nitrogens with two attached hydrogens (primary N) is 1. The summed E-state index contributed by atoms with van der Waals surface area (Å²) in [4.78, 5) is 32.2. The number of nitrogen functional groups attached to an aromatic ring is 1. The highest BCUT2D eigenvalue weighted by molar-refractivity contribution is 5.82. The quantitative estimate of drug-likeness (QED) is 0.662. The Bertz CT molecular complexity index is 904. The van der Waals surface area contributed by atoms with Crippen LogP contribution in [0.5, 0.6) is 0 Å². The zero-order valence-electron chi connectivity index (χ0n) is 12.1. The Morgan fingerprint density at radius 1 is 1.17 bits per heavy atom. The lowest BCUT2D eigenvalue weighted by molar-refractivity contribution is 0.249. The van der Waals surface area contributed by atoms with Gasteiger partial charge >= 0.3 is 6.03 Å². The van der Waals surface area contributed by atoms with Crippen molar-refractivity contribution in [2.45, 2.75) is 6.54 Å². The van der Waals surface area contributed by atoms with E-state index < -0.39 is 6.03 Å². The first-order valence-electron chi connectivity index (χ1n) is 6.85. The molecule has 0 unspecified atom stereocenters. The van der Waals surface area contributed by atoms with E-state index >= 15 is 0 Å². The predicted molar refractivity (Wildman–Crippen MR) is 86.2 cm³/mol. The number of anilines is 1. The molecule has 0 radical (unpaired) electrons. The van der Waals surface area contributed by atoms with Crippen molar-refractivity contribution in [1.29, 1.82) is 0 Å². The van der Waals surface area contributed by atoms with Crippen LogP contribution in [-0.2, 0) is 6.54 Å². The van der Waals surface area contributed by atoms with Gasteiger partial charge in [-0.05, 0) is 23.8 Å². The SMILES string of the molecule is Nc1ccc(CNC(=O)Nn2cnc3ccccc3c2=O)cn1. The van der Waals surface area contributed by atoms with Crippen LogP contribution in [0.1, 0.15) is 5.56 Å². The standard InChI is InChI=1S/C15H14N6O2/c16-13-6-5-10(7-17-13)8-18-15(23)20-21-9-19-12-4-2-1-3-11(12)14(21)22/h1-7,9H,8H2,(H2,16,17)(H2,18,20,23). The second-order valence-corrected chi connectivity index (χ2v) is 4.82. The van der Waals surface area contributed by atoms with Gasteiger partial charge in [-0.1, -0.05) is 18.2 Å². The van der Waals surface area contributed by atoms with Crippen LogP contribution >= 0.6 is 0 Å². The Labute approximate surface area is 131 Å². The Morgan fingerprint density at radius 3 is 2.78 bits per heavy atom. The third kappa shape index (κ3) is 3.26. The Balaban J connectivity index is 1.69. The van der Waals surface area contributed by atoms with E-state index in [1.165, 1.54) is 6.33 Å². The Kier molecular flexibility index (Phi) is 3.88. The Morgan fingerprint density at radius 2 is 2.00 bits per heavy atom. The van der Waals surface area contributed by atoms with Gasteiger partial charge in [-0.15, -0.1) is 0 Å². The summed E-state index contributed by atoms with van der Waals surface area (Å²) in [5.41, 5.74) is 8.94. The number of aromatic nitrogens is 3. The maximum atomic E-state index is 12.2. The summed E-state index contributed by atoms with van der Waals surface area (Å²) in [7, 11) is 0. The van der Waals surface area contributed by atoms with Crippen LogP contribution < -0.4 is 22.0 Å². The minimum Gasteiger partial charge on any atom is -0.384 e. The molecule has 2 amide bonds. The highest BCUT2D eigenvalue weighted by Crippen LogP contribution is 2.04. The highest BCUT2D eigenvalue weighted by atomic mass is 16.2. The summed E-state index contributed by atoms with van der Waals surface area (Å²) < 4.78 is 1.04. The molecule has 2 aromatic heterocycles. The zero-order chi connectivity index (χ0) is 16.2. The van der Waals surface area contributed by atoms with Crippen molar-refractivity contribution in [3.8, 4) is 0 Å². The van der Waals surface area contributed by atoms with Gasteiger partial charge in [0.1, 0.15) is 12.1 Å². The number of pyridine rings is 1. The second-order valence-electron chi connectivity index (χ2n) is 4.82. The molecule has 3 aromatic rings. The predicted octanol–water partition coefficient (Wildman–Crippen LogP) is 0.827. The van der Waals surface area contributed by atoms with Crippen molar-refractivity contribution in [1.82, 2.24) is 20.0 Å². The molecule has 116 valence electrons. The fourth-order valence-corrected chi connectivity index (χ4v) is 2.02. The van der Waals surface area contributed by atoms with Gasteiger partial charge in [0.05, 0.1) is 10.9 Å². The smallest absolute Gasteiger partial charge is 0.334 e. The molecule has 0 spiro atoms. The van der Waals surface area contributed by atoms with E-state index in [4.69, 9.17) is 5.73 Å². The van der Waals surface area contributed by atoms with Gasteiger partial charge in [0.15, 0.2) is 0 Å². The molecule has 23 heavy (non-hydrogen) atoms. The lowest BCUT2D eigenvalue weighted by atomic mass is 10.2. The zero-order valence-corrected chi connectivity index (χ0v) is 12.1. The minimum atomic E-state index is -0.527. The average Bonchev–Trinajstić information content (AvgIpc) is 2.57. The molecule has 8 heteroatoms. The number of rotatable bonds is 3. The first-order valence-corrected chi connectivity index (χ1v) is 6.85. The van der Waals surface area contributed by atoms with Crippen LogP contribution in [0.2, 0.25) is 0 Å². The molecule has 0 bridgehead atoms. The van der Waals surface area contributed by atoms with E-state index in [9.17, 15) is 9.59 Å². The first kappa shape index (κ1) is 14.5. The van der Waals surface area contributed by atoms with E-state index in [2.05, 4.69) is 20.7 Å². The molecule has 4 N–H and O–H groups in total. The largest absolute Gasteiger partial charge is 0.384 e. The molecule has 0 aliphatic heterocycles. The molecule has 0 fully saturated rings. The molecule has 8 nitrogen and oxygen atoms in total. The Hall–Kier alpha value is -3.42. The van der Waals surface area contributed by atoms with Crippen molar-refractivity contribution in [3.05, 3.63) is 64.8 Å². The average molecular weight is 310 g/mol. The number of carbonyl (C=O) groups is 1. The third-order valence-electron chi connectivity index (χ3n) is 3.19. The summed E-state index contributed by atoms with van der Waals surface area (Å²) >= 11 is 0. The van der Waals surface area contributed by atoms with Crippen molar-refractivity contribution in [3.63, 3.8) is 0 Å². The molecule has 0 atom stereocenters. The number of para-hydroxylation sites is 1. The van der Waals surface area contributed by atoms with Crippen molar-refractivity contribution < 1.29 is 4.79 Å². The number of hydrogen-bond donors (Lipinski definition) is 3. The number of fused-ring (bicyclic) bond motifs is 1. The van der Waals surface area contributed by atoms with Gasteiger partial charge in [0.25, 0.3) is 5.56 Å². The van der Waals surface area contributed by atoms with Gasteiger partial charge in [-0.2, -0.15) is 0 Å². The van der Waals surface area contributed by atoms with Crippen molar-refractivity contribution in [2.24, 2.45) is 0 Å². The minimum absolute atomic E-state index is 0.259. The monoisotopic (exact) mass is 310 g/mol. The molecule has 0 aliphatic rings. The van der Waals surface area contributed by atoms with Gasteiger partial charge in [0, 0.05) is 12.7 Å². The number of nitrogens with zero attached hydrogens (tertiary/aromatic N) is 3. The highest BCUT2D eigenvalue weighted by Gasteiger charge is 2.06. The van der Waals surface area contributed by atoms with Gasteiger partial charge in [-0.25, -0.2) is 24.9 Å². The van der Waals surface area contributed by atoms with Crippen LogP contribution in [0.3, 0.4) is 0 Å². The van der Waals surface area contributed by atoms with E-state index in [0.29, 0.717) is 16.7 Å². The number of carbonyl (C=O) groups excluding carboxylic acids is 1. The summed E-state index contributed by atoms with van der Waals surface area (Å²) in [5, 5.41) is 3.05. The van der Waals surface area contributed by atoms with E-state index in [0.717, 1.165) is 10.2 Å². The van der Waals surface area contributed by atoms with Crippen LogP contribution in [0.25, 0.3) is 10.9 Å². The number of benzene rings is 1. The fourth-order valence-electron chi connectivity index (χ4n) is 2.02. The second kappa shape index (κ2) is 6.14. The number of amides is 2. The summed E-state index contributed by atoms with van der Waals surface area (Å²) in [6.45, 7) is 0.259. The molecule has 0 saturated heterocycles. The topological polar surface area (TPSA) is 115 Å². The molecular weight excluding hydrogens is 296 g/mol. The molecule has 0 aliphatic carbocycles. The molecular formula is C15H14N6O2. The maximum Gasteiger partial charge on any atom is 0.334 e. The molecule has 0 saturated carbocycles. The number of hydrogen-bond acceptors (Lipinski definition) is 5. The normalized spacial score (nSPS) is 10.4. The van der Waals surface area contributed by atoms with Crippen molar-refractivity contribution in [2.75, 3.05) is 11.2 Å². The molecule has 3 rings (SSSR count). The lowest BCUT2D eigenvalue weighted by Crippen LogP contribution is -2.39. The van der Waals surface area contributed by atoms with Gasteiger partial charge in [0.2, 0.25) is 0 Å². The molecule has 2 heterocycles.